The minimum absolute atomic E-state index is 0.551. The maximum absolute atomic E-state index is 4.58. The third-order valence-corrected chi connectivity index (χ3v) is 8.07. The Bertz CT molecular complexity index is 742. The van der Waals surface area contributed by atoms with Crippen molar-refractivity contribution in [1.29, 1.82) is 0 Å². The molecule has 4 rings (SSSR count). The van der Waals surface area contributed by atoms with E-state index in [-0.39, 0.29) is 0 Å². The zero-order chi connectivity index (χ0) is 19.3. The Morgan fingerprint density at radius 2 is 1.82 bits per heavy atom. The van der Waals surface area contributed by atoms with Gasteiger partial charge in [-0.15, -0.1) is 21.5 Å². The van der Waals surface area contributed by atoms with Crippen LogP contribution in [0.3, 0.4) is 0 Å². The molecule has 0 bridgehead atoms. The van der Waals surface area contributed by atoms with Crippen molar-refractivity contribution in [3.63, 3.8) is 0 Å². The normalized spacial score (nSPS) is 20.1. The van der Waals surface area contributed by atoms with Gasteiger partial charge in [-0.1, -0.05) is 18.2 Å². The highest BCUT2D eigenvalue weighted by Gasteiger charge is 2.25. The Morgan fingerprint density at radius 1 is 1.04 bits per heavy atom. The van der Waals surface area contributed by atoms with Crippen molar-refractivity contribution in [3.05, 3.63) is 27.7 Å². The molecule has 2 saturated heterocycles. The second-order valence-electron chi connectivity index (χ2n) is 8.21. The molecule has 2 aromatic rings. The van der Waals surface area contributed by atoms with Gasteiger partial charge >= 0.3 is 0 Å². The Balaban J connectivity index is 1.24. The molecular weight excluding hydrogens is 386 g/mol. The monoisotopic (exact) mass is 419 g/mol. The van der Waals surface area contributed by atoms with Gasteiger partial charge in [0.25, 0.3) is 0 Å². The molecule has 2 fully saturated rings. The zero-order valence-corrected chi connectivity index (χ0v) is 18.9. The number of thiophene rings is 1. The molecule has 0 atom stereocenters. The first-order chi connectivity index (χ1) is 13.7. The molecular formula is C21H33N5S2. The fourth-order valence-corrected chi connectivity index (χ4v) is 6.25. The molecule has 0 unspecified atom stereocenters. The third-order valence-electron chi connectivity index (χ3n) is 6.08. The van der Waals surface area contributed by atoms with Crippen molar-refractivity contribution in [3.8, 4) is 0 Å². The number of likely N-dealkylation sites (tertiary alicyclic amines) is 2. The molecule has 2 aliphatic heterocycles. The van der Waals surface area contributed by atoms with Crippen molar-refractivity contribution < 1.29 is 0 Å². The lowest BCUT2D eigenvalue weighted by Gasteiger charge is -2.31. The molecule has 0 aliphatic carbocycles. The first kappa shape index (κ1) is 20.4. The topological polar surface area (TPSA) is 37.2 Å². The summed E-state index contributed by atoms with van der Waals surface area (Å²) in [5.41, 5.74) is 0. The van der Waals surface area contributed by atoms with Gasteiger partial charge in [0.1, 0.15) is 5.82 Å². The number of piperidine rings is 2. The summed E-state index contributed by atoms with van der Waals surface area (Å²) in [7, 11) is 2.15. The Hall–Kier alpha value is -0.890. The quantitative estimate of drug-likeness (QED) is 0.631. The molecule has 0 spiro atoms. The van der Waals surface area contributed by atoms with Gasteiger partial charge < -0.3 is 9.47 Å². The fourth-order valence-electron chi connectivity index (χ4n) is 4.40. The summed E-state index contributed by atoms with van der Waals surface area (Å²) in [5, 5.41) is 10.2. The smallest absolute Gasteiger partial charge is 0.191 e. The van der Waals surface area contributed by atoms with Crippen LogP contribution in [-0.4, -0.2) is 63.0 Å². The van der Waals surface area contributed by atoms with Gasteiger partial charge in [-0.05, 0) is 70.9 Å². The van der Waals surface area contributed by atoms with Gasteiger partial charge in [0.2, 0.25) is 0 Å². The van der Waals surface area contributed by atoms with Crippen molar-refractivity contribution in [1.82, 2.24) is 24.6 Å². The van der Waals surface area contributed by atoms with Crippen LogP contribution >= 0.6 is 23.1 Å². The summed E-state index contributed by atoms with van der Waals surface area (Å²) in [5.74, 6) is 2.85. The second-order valence-corrected chi connectivity index (χ2v) is 10.6. The largest absolute Gasteiger partial charge is 0.309 e. The van der Waals surface area contributed by atoms with E-state index in [1.54, 1.807) is 0 Å². The van der Waals surface area contributed by atoms with Crippen LogP contribution in [0.4, 0.5) is 0 Å². The molecule has 0 saturated carbocycles. The number of hydrogen-bond donors (Lipinski definition) is 0. The first-order valence-corrected chi connectivity index (χ1v) is 12.5. The van der Waals surface area contributed by atoms with E-state index in [4.69, 9.17) is 0 Å². The maximum atomic E-state index is 4.58. The van der Waals surface area contributed by atoms with E-state index in [0.29, 0.717) is 5.92 Å². The minimum Gasteiger partial charge on any atom is -0.309 e. The van der Waals surface area contributed by atoms with Crippen molar-refractivity contribution >= 4 is 23.1 Å². The summed E-state index contributed by atoms with van der Waals surface area (Å²) in [4.78, 5) is 8.08. The van der Waals surface area contributed by atoms with Gasteiger partial charge in [-0.3, -0.25) is 4.90 Å². The fraction of sp³-hybridized carbons (Fsp3) is 0.714. The van der Waals surface area contributed by atoms with Crippen LogP contribution < -0.4 is 0 Å². The molecule has 7 heteroatoms. The molecule has 2 aliphatic rings. The molecule has 154 valence electrons. The van der Waals surface area contributed by atoms with Crippen LogP contribution in [0.25, 0.3) is 0 Å². The molecule has 0 aromatic carbocycles. The Kier molecular flexibility index (Phi) is 7.09. The van der Waals surface area contributed by atoms with Crippen LogP contribution in [0, 0.1) is 6.92 Å². The van der Waals surface area contributed by atoms with Crippen molar-refractivity contribution in [2.75, 3.05) is 38.5 Å². The molecule has 0 N–H and O–H groups in total. The van der Waals surface area contributed by atoms with E-state index in [9.17, 15) is 0 Å². The van der Waals surface area contributed by atoms with Gasteiger partial charge in [-0.25, -0.2) is 0 Å². The first-order valence-electron chi connectivity index (χ1n) is 10.7. The van der Waals surface area contributed by atoms with E-state index in [1.807, 2.05) is 23.1 Å². The molecule has 28 heavy (non-hydrogen) atoms. The lowest BCUT2D eigenvalue weighted by molar-refractivity contribution is 0.202. The lowest BCUT2D eigenvalue weighted by atomic mass is 9.96. The van der Waals surface area contributed by atoms with E-state index in [2.05, 4.69) is 50.7 Å². The highest BCUT2D eigenvalue weighted by atomic mass is 32.2. The minimum atomic E-state index is 0.551. The predicted molar refractivity (Wildman–Crippen MR) is 118 cm³/mol. The van der Waals surface area contributed by atoms with E-state index in [0.717, 1.165) is 30.5 Å². The van der Waals surface area contributed by atoms with Gasteiger partial charge in [-0.2, -0.15) is 0 Å². The van der Waals surface area contributed by atoms with E-state index < -0.39 is 0 Å². The summed E-state index contributed by atoms with van der Waals surface area (Å²) < 4.78 is 2.25. The van der Waals surface area contributed by atoms with Crippen LogP contribution in [-0.2, 0) is 13.6 Å². The van der Waals surface area contributed by atoms with Gasteiger partial charge in [0.05, 0.1) is 0 Å². The van der Waals surface area contributed by atoms with Gasteiger partial charge in [0, 0.05) is 41.6 Å². The number of aromatic nitrogens is 3. The number of aryl methyl sites for hydroxylation is 1. The summed E-state index contributed by atoms with van der Waals surface area (Å²) in [6.45, 7) is 9.33. The molecule has 4 heterocycles. The average Bonchev–Trinajstić information content (AvgIpc) is 3.29. The zero-order valence-electron chi connectivity index (χ0n) is 17.3. The molecule has 0 radical (unpaired) electrons. The second kappa shape index (κ2) is 9.74. The third kappa shape index (κ3) is 5.17. The summed E-state index contributed by atoms with van der Waals surface area (Å²) in [6.07, 6.45) is 6.51. The molecule has 5 nitrogen and oxygen atoms in total. The number of rotatable bonds is 7. The Labute approximate surface area is 177 Å². The predicted octanol–water partition coefficient (Wildman–Crippen LogP) is 4.14. The van der Waals surface area contributed by atoms with Crippen molar-refractivity contribution in [2.45, 2.75) is 56.6 Å². The number of thioether (sulfide) groups is 1. The van der Waals surface area contributed by atoms with E-state index >= 15 is 0 Å². The van der Waals surface area contributed by atoms with Crippen LogP contribution in [0.15, 0.2) is 17.3 Å². The average molecular weight is 420 g/mol. The van der Waals surface area contributed by atoms with E-state index in [1.165, 1.54) is 67.3 Å². The molecule has 0 amide bonds. The SMILES string of the molecule is Cc1ccc(CN2CCC(c3nnc(SCCN4CCCCC4)n3C)CC2)s1. The van der Waals surface area contributed by atoms with Crippen molar-refractivity contribution in [2.24, 2.45) is 7.05 Å². The maximum Gasteiger partial charge on any atom is 0.191 e. The number of nitrogens with zero attached hydrogens (tertiary/aromatic N) is 5. The summed E-state index contributed by atoms with van der Waals surface area (Å²) in [6, 6.07) is 4.51. The molecule has 2 aromatic heterocycles. The van der Waals surface area contributed by atoms with Crippen LogP contribution in [0.2, 0.25) is 0 Å². The standard InChI is InChI=1S/C21H33N5S2/c1-17-6-7-19(28-17)16-26-12-8-18(9-13-26)20-22-23-21(24(20)2)27-15-14-25-10-4-3-5-11-25/h6-7,18H,3-5,8-16H2,1-2H3. The van der Waals surface area contributed by atoms with Gasteiger partial charge in [0.15, 0.2) is 5.16 Å². The summed E-state index contributed by atoms with van der Waals surface area (Å²) >= 11 is 3.80. The highest BCUT2D eigenvalue weighted by Crippen LogP contribution is 2.30. The lowest BCUT2D eigenvalue weighted by Crippen LogP contribution is -2.33. The Morgan fingerprint density at radius 3 is 2.54 bits per heavy atom. The van der Waals surface area contributed by atoms with Crippen LogP contribution in [0.5, 0.6) is 0 Å². The van der Waals surface area contributed by atoms with Crippen LogP contribution in [0.1, 0.15) is 53.6 Å². The highest BCUT2D eigenvalue weighted by molar-refractivity contribution is 7.99. The number of hydrogen-bond acceptors (Lipinski definition) is 6.